The van der Waals surface area contributed by atoms with Gasteiger partial charge in [-0.15, -0.1) is 0 Å². The van der Waals surface area contributed by atoms with Crippen LogP contribution < -0.4 is 10.6 Å². The topological polar surface area (TPSA) is 50.4 Å². The van der Waals surface area contributed by atoms with Crippen molar-refractivity contribution in [3.05, 3.63) is 65.0 Å². The zero-order chi connectivity index (χ0) is 17.6. The van der Waals surface area contributed by atoms with E-state index in [1.807, 2.05) is 19.1 Å². The van der Waals surface area contributed by atoms with Crippen LogP contribution >= 0.6 is 0 Å². The van der Waals surface area contributed by atoms with E-state index >= 15 is 0 Å². The highest BCUT2D eigenvalue weighted by molar-refractivity contribution is 5.91. The monoisotopic (exact) mass is 342 g/mol. The molecule has 2 aromatic rings. The minimum atomic E-state index is -0.417. The molecule has 0 aromatic heterocycles. The number of hydrogen-bond acceptors (Lipinski definition) is 3. The number of rotatable bonds is 6. The van der Waals surface area contributed by atoms with Crippen LogP contribution in [0.1, 0.15) is 29.2 Å². The first kappa shape index (κ1) is 17.6. The van der Waals surface area contributed by atoms with Gasteiger partial charge in [0.2, 0.25) is 5.91 Å². The number of benzene rings is 2. The molecule has 25 heavy (non-hydrogen) atoms. The van der Waals surface area contributed by atoms with Crippen LogP contribution in [-0.2, 0) is 16.0 Å². The lowest BCUT2D eigenvalue weighted by atomic mass is 9.97. The predicted octanol–water partition coefficient (Wildman–Crippen LogP) is 3.37. The molecular weight excluding hydrogens is 319 g/mol. The van der Waals surface area contributed by atoms with Gasteiger partial charge in [-0.2, -0.15) is 0 Å². The van der Waals surface area contributed by atoms with Gasteiger partial charge in [0.05, 0.1) is 18.4 Å². The van der Waals surface area contributed by atoms with E-state index in [0.29, 0.717) is 13.1 Å². The van der Waals surface area contributed by atoms with Gasteiger partial charge in [-0.3, -0.25) is 4.79 Å². The number of halogens is 1. The average molecular weight is 342 g/mol. The van der Waals surface area contributed by atoms with Gasteiger partial charge in [0.1, 0.15) is 5.82 Å². The van der Waals surface area contributed by atoms with Crippen LogP contribution in [0.5, 0.6) is 0 Å². The first-order valence-electron chi connectivity index (χ1n) is 8.59. The van der Waals surface area contributed by atoms with Crippen LogP contribution in [0, 0.1) is 12.7 Å². The Morgan fingerprint density at radius 2 is 2.12 bits per heavy atom. The molecule has 4 nitrogen and oxygen atoms in total. The lowest BCUT2D eigenvalue weighted by molar-refractivity contribution is -0.116. The molecule has 0 spiro atoms. The van der Waals surface area contributed by atoms with Crippen LogP contribution in [-0.4, -0.2) is 25.6 Å². The number of anilines is 1. The lowest BCUT2D eigenvalue weighted by Gasteiger charge is -2.26. The number of amides is 1. The number of fused-ring (bicyclic) bond motifs is 1. The Bertz CT molecular complexity index is 748. The number of hydrogen-bond donors (Lipinski definition) is 2. The molecule has 1 aliphatic heterocycles. The highest BCUT2D eigenvalue weighted by atomic mass is 19.1. The van der Waals surface area contributed by atoms with Crippen molar-refractivity contribution >= 4 is 11.6 Å². The van der Waals surface area contributed by atoms with E-state index in [2.05, 4.69) is 22.8 Å². The van der Waals surface area contributed by atoms with Gasteiger partial charge < -0.3 is 15.4 Å². The molecule has 1 amide bonds. The van der Waals surface area contributed by atoms with Crippen molar-refractivity contribution in [1.82, 2.24) is 5.32 Å². The van der Waals surface area contributed by atoms with Crippen LogP contribution in [0.15, 0.2) is 42.5 Å². The molecule has 0 bridgehead atoms. The normalized spacial score (nSPS) is 16.3. The molecule has 0 unspecified atom stereocenters. The standard InChI is InChI=1S/C20H23FN2O2/c1-14-6-7-17(21)18(12-14)23-20(24)8-10-22-13-19-16-5-3-2-4-15(16)9-11-25-19/h2-7,12,19,22H,8-11,13H2,1H3,(H,23,24)/t19-/m1/s1. The minimum absolute atomic E-state index is 0.0160. The van der Waals surface area contributed by atoms with E-state index in [1.165, 1.54) is 17.2 Å². The Balaban J connectivity index is 1.44. The summed E-state index contributed by atoms with van der Waals surface area (Å²) in [5, 5.41) is 5.88. The van der Waals surface area contributed by atoms with Crippen LogP contribution in [0.3, 0.4) is 0 Å². The van der Waals surface area contributed by atoms with Gasteiger partial charge >= 0.3 is 0 Å². The number of nitrogens with one attached hydrogen (secondary N) is 2. The molecule has 1 aliphatic rings. The van der Waals surface area contributed by atoms with Crippen molar-refractivity contribution in [2.75, 3.05) is 25.0 Å². The number of aryl methyl sites for hydroxylation is 1. The maximum Gasteiger partial charge on any atom is 0.225 e. The molecule has 132 valence electrons. The fraction of sp³-hybridized carbons (Fsp3) is 0.350. The van der Waals surface area contributed by atoms with Crippen molar-refractivity contribution in [3.63, 3.8) is 0 Å². The summed E-state index contributed by atoms with van der Waals surface area (Å²) in [5.74, 6) is -0.624. The molecule has 5 heteroatoms. The molecule has 2 aromatic carbocycles. The van der Waals surface area contributed by atoms with Gasteiger partial charge in [0.25, 0.3) is 0 Å². The fourth-order valence-corrected chi connectivity index (χ4v) is 3.03. The molecule has 0 saturated heterocycles. The maximum atomic E-state index is 13.7. The Morgan fingerprint density at radius 3 is 3.00 bits per heavy atom. The molecular formula is C20H23FN2O2. The minimum Gasteiger partial charge on any atom is -0.372 e. The molecule has 0 saturated carbocycles. The van der Waals surface area contributed by atoms with E-state index in [9.17, 15) is 9.18 Å². The molecule has 0 aliphatic carbocycles. The average Bonchev–Trinajstić information content (AvgIpc) is 2.62. The number of carbonyl (C=O) groups is 1. The van der Waals surface area contributed by atoms with Crippen LogP contribution in [0.4, 0.5) is 10.1 Å². The van der Waals surface area contributed by atoms with E-state index in [4.69, 9.17) is 4.74 Å². The highest BCUT2D eigenvalue weighted by Crippen LogP contribution is 2.26. The van der Waals surface area contributed by atoms with Crippen molar-refractivity contribution in [3.8, 4) is 0 Å². The summed E-state index contributed by atoms with van der Waals surface area (Å²) in [5.41, 5.74) is 3.68. The van der Waals surface area contributed by atoms with Crippen molar-refractivity contribution in [2.45, 2.75) is 25.9 Å². The zero-order valence-corrected chi connectivity index (χ0v) is 14.3. The smallest absolute Gasteiger partial charge is 0.225 e. The second-order valence-electron chi connectivity index (χ2n) is 6.29. The van der Waals surface area contributed by atoms with Gasteiger partial charge in [0.15, 0.2) is 0 Å². The maximum absolute atomic E-state index is 13.7. The number of carbonyl (C=O) groups excluding carboxylic acids is 1. The largest absolute Gasteiger partial charge is 0.372 e. The van der Waals surface area contributed by atoms with Gasteiger partial charge in [-0.1, -0.05) is 30.3 Å². The fourth-order valence-electron chi connectivity index (χ4n) is 3.03. The van der Waals surface area contributed by atoms with Gasteiger partial charge in [0, 0.05) is 19.5 Å². The summed E-state index contributed by atoms with van der Waals surface area (Å²) in [6.45, 7) is 3.75. The third-order valence-corrected chi connectivity index (χ3v) is 4.35. The predicted molar refractivity (Wildman–Crippen MR) is 96.1 cm³/mol. The summed E-state index contributed by atoms with van der Waals surface area (Å²) in [6, 6.07) is 13.0. The first-order chi connectivity index (χ1) is 12.1. The quantitative estimate of drug-likeness (QED) is 0.792. The summed E-state index contributed by atoms with van der Waals surface area (Å²) in [4.78, 5) is 12.0. The summed E-state index contributed by atoms with van der Waals surface area (Å²) in [7, 11) is 0. The van der Waals surface area contributed by atoms with Gasteiger partial charge in [-0.25, -0.2) is 4.39 Å². The van der Waals surface area contributed by atoms with E-state index < -0.39 is 5.82 Å². The second-order valence-corrected chi connectivity index (χ2v) is 6.29. The van der Waals surface area contributed by atoms with Crippen molar-refractivity contribution < 1.29 is 13.9 Å². The Hall–Kier alpha value is -2.24. The van der Waals surface area contributed by atoms with Crippen LogP contribution in [0.2, 0.25) is 0 Å². The summed E-state index contributed by atoms with van der Waals surface area (Å²) < 4.78 is 19.5. The zero-order valence-electron chi connectivity index (χ0n) is 14.3. The molecule has 0 fully saturated rings. The summed E-state index contributed by atoms with van der Waals surface area (Å²) >= 11 is 0. The SMILES string of the molecule is Cc1ccc(F)c(NC(=O)CCNC[C@H]2OCCc3ccccc32)c1. The van der Waals surface area contributed by atoms with E-state index in [-0.39, 0.29) is 24.1 Å². The highest BCUT2D eigenvalue weighted by Gasteiger charge is 2.19. The number of ether oxygens (including phenoxy) is 1. The first-order valence-corrected chi connectivity index (χ1v) is 8.59. The molecule has 3 rings (SSSR count). The van der Waals surface area contributed by atoms with Crippen LogP contribution in [0.25, 0.3) is 0 Å². The second kappa shape index (κ2) is 8.23. The van der Waals surface area contributed by atoms with E-state index in [0.717, 1.165) is 18.6 Å². The molecule has 2 N–H and O–H groups in total. The van der Waals surface area contributed by atoms with Crippen molar-refractivity contribution in [2.24, 2.45) is 0 Å². The van der Waals surface area contributed by atoms with E-state index in [1.54, 1.807) is 12.1 Å². The van der Waals surface area contributed by atoms with Crippen molar-refractivity contribution in [1.29, 1.82) is 0 Å². The molecule has 1 atom stereocenters. The van der Waals surface area contributed by atoms with Gasteiger partial charge in [-0.05, 0) is 42.2 Å². The summed E-state index contributed by atoms with van der Waals surface area (Å²) in [6.07, 6.45) is 1.24. The Labute approximate surface area is 147 Å². The lowest BCUT2D eigenvalue weighted by Crippen LogP contribution is -2.29. The molecule has 0 radical (unpaired) electrons. The third kappa shape index (κ3) is 4.65. The Kier molecular flexibility index (Phi) is 5.79. The molecule has 1 heterocycles. The Morgan fingerprint density at radius 1 is 1.28 bits per heavy atom. The third-order valence-electron chi connectivity index (χ3n) is 4.35.